The van der Waals surface area contributed by atoms with E-state index in [0.29, 0.717) is 11.0 Å². The van der Waals surface area contributed by atoms with Crippen LogP contribution < -0.4 is 5.32 Å². The van der Waals surface area contributed by atoms with Gasteiger partial charge in [0.15, 0.2) is 0 Å². The fraction of sp³-hybridized carbons (Fsp3) is 0.744. The van der Waals surface area contributed by atoms with Gasteiger partial charge in [-0.05, 0) is 177 Å². The number of allylic oxidation sites excluding steroid dienone is 1. The number of carbonyl (C=O) groups excluding carboxylic acids is 2. The van der Waals surface area contributed by atoms with Gasteiger partial charge in [0, 0.05) is 17.1 Å². The van der Waals surface area contributed by atoms with Gasteiger partial charge < -0.3 is 10.1 Å². The van der Waals surface area contributed by atoms with Gasteiger partial charge in [-0.3, -0.25) is 4.79 Å². The van der Waals surface area contributed by atoms with Crippen molar-refractivity contribution in [1.29, 1.82) is 0 Å². The first-order valence-corrected chi connectivity index (χ1v) is 21.2. The third-order valence-electron chi connectivity index (χ3n) is 13.0. The van der Waals surface area contributed by atoms with Crippen LogP contribution in [0, 0.1) is 63.0 Å². The summed E-state index contributed by atoms with van der Waals surface area (Å²) in [4.78, 5) is 26.9. The lowest BCUT2D eigenvalue weighted by Crippen LogP contribution is -2.51. The van der Waals surface area contributed by atoms with E-state index in [4.69, 9.17) is 4.74 Å². The van der Waals surface area contributed by atoms with E-state index in [2.05, 4.69) is 120 Å². The zero-order valence-electron chi connectivity index (χ0n) is 29.1. The number of esters is 1. The first-order chi connectivity index (χ1) is 21.7. The summed E-state index contributed by atoms with van der Waals surface area (Å²) in [5.41, 5.74) is 2.87. The Hall–Kier alpha value is 0.0900. The second-order valence-corrected chi connectivity index (χ2v) is 20.0. The van der Waals surface area contributed by atoms with E-state index in [9.17, 15) is 9.59 Å². The zero-order valence-corrected chi connectivity index (χ0v) is 35.5. The first kappa shape index (κ1) is 37.3. The lowest BCUT2D eigenvalue weighted by molar-refractivity contribution is -0.155. The third kappa shape index (κ3) is 7.56. The van der Waals surface area contributed by atoms with E-state index in [1.54, 1.807) is 0 Å². The molecule has 3 saturated carbocycles. The van der Waals surface area contributed by atoms with Crippen LogP contribution in [0.5, 0.6) is 0 Å². The molecule has 4 nitrogen and oxygen atoms in total. The van der Waals surface area contributed by atoms with Gasteiger partial charge >= 0.3 is 5.97 Å². The summed E-state index contributed by atoms with van der Waals surface area (Å²) in [6.07, 6.45) is 16.2. The Morgan fingerprint density at radius 1 is 0.957 bits per heavy atom. The number of amides is 1. The number of carbonyl (C=O) groups is 2. The Kier molecular flexibility index (Phi) is 12.3. The molecule has 1 amide bonds. The number of ether oxygens (including phenoxy) is 1. The molecule has 0 radical (unpaired) electrons. The highest BCUT2D eigenvalue weighted by molar-refractivity contribution is 14.1. The molecule has 1 N–H and O–H groups in total. The molecule has 256 valence electrons. The Balaban J connectivity index is 1.23. The fourth-order valence-electron chi connectivity index (χ4n) is 10.4. The van der Waals surface area contributed by atoms with Crippen molar-refractivity contribution in [2.45, 2.75) is 131 Å². The standard InChI is InChI=1S/C39H56I3NO3/c1-22(2)9-8-10-24(5)30-13-14-31-28-12-11-25-19-27(15-17-38(25,6)32(28)16-18-39(30,31)7)46-37(45)35(23(3)4)43-36(44)29-20-26(40)21-33(41)34(29)42/h11,20-24,27-28,30-32,35H,8-10,12-19H2,1-7H3,(H,43,44)/t24-,27+,28?,30-,31?,32?,35+,38+,39-/m1/s1. The van der Waals surface area contributed by atoms with Crippen LogP contribution >= 0.6 is 67.8 Å². The van der Waals surface area contributed by atoms with Crippen LogP contribution in [0.1, 0.15) is 129 Å². The summed E-state index contributed by atoms with van der Waals surface area (Å²) in [5, 5.41) is 3.03. The second-order valence-electron chi connectivity index (χ2n) is 16.5. The highest BCUT2D eigenvalue weighted by Crippen LogP contribution is 2.67. The Bertz CT molecular complexity index is 1330. The third-order valence-corrected chi connectivity index (χ3v) is 16.7. The molecule has 0 aromatic heterocycles. The maximum Gasteiger partial charge on any atom is 0.329 e. The lowest BCUT2D eigenvalue weighted by Gasteiger charge is -2.58. The molecule has 3 fully saturated rings. The van der Waals surface area contributed by atoms with Gasteiger partial charge in [0.05, 0.1) is 5.56 Å². The smallest absolute Gasteiger partial charge is 0.329 e. The van der Waals surface area contributed by atoms with Crippen LogP contribution in [0.25, 0.3) is 0 Å². The minimum atomic E-state index is -0.670. The minimum Gasteiger partial charge on any atom is -0.461 e. The highest BCUT2D eigenvalue weighted by Gasteiger charge is 2.59. The summed E-state index contributed by atoms with van der Waals surface area (Å²) in [6.45, 7) is 16.5. The molecule has 0 saturated heterocycles. The molecule has 0 heterocycles. The molecule has 7 heteroatoms. The van der Waals surface area contributed by atoms with Gasteiger partial charge in [-0.1, -0.05) is 79.4 Å². The molecule has 0 bridgehead atoms. The molecule has 5 rings (SSSR count). The van der Waals surface area contributed by atoms with Crippen LogP contribution in [-0.2, 0) is 9.53 Å². The predicted molar refractivity (Wildman–Crippen MR) is 214 cm³/mol. The number of hydrogen-bond donors (Lipinski definition) is 1. The van der Waals surface area contributed by atoms with Crippen molar-refractivity contribution in [3.8, 4) is 0 Å². The molecule has 3 unspecified atom stereocenters. The summed E-state index contributed by atoms with van der Waals surface area (Å²) in [7, 11) is 0. The van der Waals surface area contributed by atoms with Crippen LogP contribution in [0.4, 0.5) is 0 Å². The lowest BCUT2D eigenvalue weighted by atomic mass is 9.47. The van der Waals surface area contributed by atoms with Crippen LogP contribution in [0.15, 0.2) is 23.8 Å². The van der Waals surface area contributed by atoms with E-state index in [-0.39, 0.29) is 29.3 Å². The van der Waals surface area contributed by atoms with Crippen molar-refractivity contribution in [1.82, 2.24) is 5.32 Å². The van der Waals surface area contributed by atoms with Crippen molar-refractivity contribution in [2.24, 2.45) is 52.3 Å². The molecule has 9 atom stereocenters. The molecule has 4 aliphatic rings. The number of nitrogens with one attached hydrogen (secondary N) is 1. The van der Waals surface area contributed by atoms with Crippen molar-refractivity contribution in [3.05, 3.63) is 40.1 Å². The predicted octanol–water partition coefficient (Wildman–Crippen LogP) is 11.2. The van der Waals surface area contributed by atoms with Gasteiger partial charge in [0.2, 0.25) is 0 Å². The number of halogens is 3. The number of hydrogen-bond acceptors (Lipinski definition) is 3. The normalized spacial score (nSPS) is 33.5. The number of benzene rings is 1. The molecular formula is C39H56I3NO3. The Morgan fingerprint density at radius 3 is 2.39 bits per heavy atom. The van der Waals surface area contributed by atoms with E-state index in [1.165, 1.54) is 56.9 Å². The number of rotatable bonds is 10. The van der Waals surface area contributed by atoms with Crippen molar-refractivity contribution in [2.75, 3.05) is 0 Å². The Morgan fingerprint density at radius 2 is 1.70 bits per heavy atom. The molecule has 1 aromatic rings. The van der Waals surface area contributed by atoms with Crippen LogP contribution in [-0.4, -0.2) is 24.0 Å². The molecule has 1 aromatic carbocycles. The second kappa shape index (κ2) is 15.1. The zero-order chi connectivity index (χ0) is 33.6. The number of fused-ring (bicyclic) bond motifs is 5. The van der Waals surface area contributed by atoms with Gasteiger partial charge in [0.1, 0.15) is 12.1 Å². The monoisotopic (exact) mass is 967 g/mol. The van der Waals surface area contributed by atoms with Crippen molar-refractivity contribution < 1.29 is 14.3 Å². The molecule has 4 aliphatic carbocycles. The van der Waals surface area contributed by atoms with Gasteiger partial charge in [-0.2, -0.15) is 0 Å². The van der Waals surface area contributed by atoms with E-state index in [1.807, 2.05) is 19.9 Å². The summed E-state index contributed by atoms with van der Waals surface area (Å²) in [5.74, 6) is 4.35. The maximum atomic E-state index is 13.6. The van der Waals surface area contributed by atoms with Crippen LogP contribution in [0.3, 0.4) is 0 Å². The van der Waals surface area contributed by atoms with Crippen LogP contribution in [0.2, 0.25) is 0 Å². The van der Waals surface area contributed by atoms with Gasteiger partial charge in [0.25, 0.3) is 5.91 Å². The van der Waals surface area contributed by atoms with E-state index in [0.717, 1.165) is 65.5 Å². The Labute approximate surface area is 320 Å². The van der Waals surface area contributed by atoms with E-state index < -0.39 is 6.04 Å². The largest absolute Gasteiger partial charge is 0.461 e. The topological polar surface area (TPSA) is 55.4 Å². The summed E-state index contributed by atoms with van der Waals surface area (Å²) in [6, 6.07) is 3.28. The quantitative estimate of drug-likeness (QED) is 0.110. The van der Waals surface area contributed by atoms with Crippen molar-refractivity contribution >= 4 is 79.6 Å². The highest BCUT2D eigenvalue weighted by atomic mass is 127. The average Bonchev–Trinajstić information content (AvgIpc) is 3.34. The summed E-state index contributed by atoms with van der Waals surface area (Å²) >= 11 is 6.72. The van der Waals surface area contributed by atoms with Gasteiger partial charge in [-0.15, -0.1) is 0 Å². The molecule has 0 aliphatic heterocycles. The van der Waals surface area contributed by atoms with E-state index >= 15 is 0 Å². The minimum absolute atomic E-state index is 0.0656. The molecule has 0 spiro atoms. The summed E-state index contributed by atoms with van der Waals surface area (Å²) < 4.78 is 9.19. The average molecular weight is 968 g/mol. The fourth-order valence-corrected chi connectivity index (χ4v) is 12.8. The molecule has 46 heavy (non-hydrogen) atoms. The first-order valence-electron chi connectivity index (χ1n) is 18.0. The molecular weight excluding hydrogens is 911 g/mol. The maximum absolute atomic E-state index is 13.6. The van der Waals surface area contributed by atoms with Crippen molar-refractivity contribution in [3.63, 3.8) is 0 Å². The van der Waals surface area contributed by atoms with Gasteiger partial charge in [-0.25, -0.2) is 4.79 Å². The SMILES string of the molecule is CC(C)CCC[C@@H](C)[C@H]1CCC2C3CC=C4C[C@@H](OC(=O)[C@@H](NC(=O)c5cc(I)cc(I)c5I)C(C)C)CC[C@]4(C)C3CC[C@@]21C.